The third kappa shape index (κ3) is 4.61. The van der Waals surface area contributed by atoms with Crippen LogP contribution in [-0.4, -0.2) is 51.3 Å². The molecule has 1 fully saturated rings. The minimum atomic E-state index is -0.0266. The number of thiophene rings is 1. The summed E-state index contributed by atoms with van der Waals surface area (Å²) in [6.07, 6.45) is 6.28. The molecule has 0 bridgehead atoms. The highest BCUT2D eigenvalue weighted by Gasteiger charge is 2.22. The lowest BCUT2D eigenvalue weighted by atomic mass is 10.2. The molecule has 0 spiro atoms. The summed E-state index contributed by atoms with van der Waals surface area (Å²) in [7, 11) is 1.95. The first-order valence-electron chi connectivity index (χ1n) is 11.9. The molecule has 1 amide bonds. The SMILES string of the molecule is Cn1c(C(=O)NCCCN2CCCCCC2)cc2c(-c3cccs3)nn(-c3ccccc3)c21. The first-order valence-corrected chi connectivity index (χ1v) is 12.8. The fraction of sp³-hybridized carbons (Fsp3) is 0.385. The Morgan fingerprint density at radius 3 is 2.58 bits per heavy atom. The quantitative estimate of drug-likeness (QED) is 0.390. The lowest BCUT2D eigenvalue weighted by Crippen LogP contribution is -2.31. The number of hydrogen-bond donors (Lipinski definition) is 1. The summed E-state index contributed by atoms with van der Waals surface area (Å²) < 4.78 is 3.91. The van der Waals surface area contributed by atoms with Crippen LogP contribution in [0.15, 0.2) is 53.9 Å². The highest BCUT2D eigenvalue weighted by atomic mass is 32.1. The fourth-order valence-corrected chi connectivity index (χ4v) is 5.47. The van der Waals surface area contributed by atoms with E-state index in [9.17, 15) is 4.79 Å². The van der Waals surface area contributed by atoms with Crippen molar-refractivity contribution in [2.45, 2.75) is 32.1 Å². The summed E-state index contributed by atoms with van der Waals surface area (Å²) >= 11 is 1.66. The monoisotopic (exact) mass is 461 g/mol. The molecule has 1 N–H and O–H groups in total. The normalized spacial score (nSPS) is 15.1. The van der Waals surface area contributed by atoms with Gasteiger partial charge in [-0.1, -0.05) is 37.1 Å². The van der Waals surface area contributed by atoms with Crippen LogP contribution < -0.4 is 5.32 Å². The molecule has 3 aromatic heterocycles. The summed E-state index contributed by atoms with van der Waals surface area (Å²) in [5.74, 6) is -0.0266. The molecule has 6 nitrogen and oxygen atoms in total. The lowest BCUT2D eigenvalue weighted by Gasteiger charge is -2.19. The first-order chi connectivity index (χ1) is 16.2. The van der Waals surface area contributed by atoms with Gasteiger partial charge >= 0.3 is 0 Å². The molecule has 7 heteroatoms. The lowest BCUT2D eigenvalue weighted by molar-refractivity contribution is 0.0944. The number of likely N-dealkylation sites (tertiary alicyclic amines) is 1. The third-order valence-electron chi connectivity index (χ3n) is 6.48. The van der Waals surface area contributed by atoms with Crippen molar-refractivity contribution in [3.63, 3.8) is 0 Å². The van der Waals surface area contributed by atoms with E-state index >= 15 is 0 Å². The molecule has 4 heterocycles. The highest BCUT2D eigenvalue weighted by Crippen LogP contribution is 2.34. The molecule has 0 aliphatic carbocycles. The zero-order chi connectivity index (χ0) is 22.6. The fourth-order valence-electron chi connectivity index (χ4n) is 4.74. The van der Waals surface area contributed by atoms with Crippen LogP contribution in [0.1, 0.15) is 42.6 Å². The Balaban J connectivity index is 1.37. The van der Waals surface area contributed by atoms with E-state index in [1.165, 1.54) is 38.8 Å². The number of fused-ring (bicyclic) bond motifs is 1. The van der Waals surface area contributed by atoms with E-state index in [0.717, 1.165) is 40.3 Å². The standard InChI is InChI=1S/C26H31N5OS/c1-29-22(25(32)27-14-10-17-30-15-7-2-3-8-16-30)19-21-24(23-13-9-18-33-23)28-31(26(21)29)20-11-5-4-6-12-20/h4-6,9,11-13,18-19H,2-3,7-8,10,14-17H2,1H3,(H,27,32). The van der Waals surface area contributed by atoms with Crippen molar-refractivity contribution in [3.05, 3.63) is 59.6 Å². The molecule has 33 heavy (non-hydrogen) atoms. The van der Waals surface area contributed by atoms with Gasteiger partial charge in [-0.2, -0.15) is 5.10 Å². The van der Waals surface area contributed by atoms with Crippen molar-refractivity contribution in [1.29, 1.82) is 0 Å². The van der Waals surface area contributed by atoms with E-state index in [-0.39, 0.29) is 5.91 Å². The second kappa shape index (κ2) is 9.93. The minimum Gasteiger partial charge on any atom is -0.351 e. The van der Waals surface area contributed by atoms with Crippen LogP contribution in [0.3, 0.4) is 0 Å². The van der Waals surface area contributed by atoms with E-state index in [4.69, 9.17) is 5.10 Å². The summed E-state index contributed by atoms with van der Waals surface area (Å²) in [6, 6.07) is 16.2. The van der Waals surface area contributed by atoms with Gasteiger partial charge in [-0.15, -0.1) is 11.3 Å². The van der Waals surface area contributed by atoms with Gasteiger partial charge in [0.05, 0.1) is 10.6 Å². The van der Waals surface area contributed by atoms with Crippen molar-refractivity contribution < 1.29 is 4.79 Å². The van der Waals surface area contributed by atoms with Crippen LogP contribution in [0, 0.1) is 0 Å². The van der Waals surface area contributed by atoms with Gasteiger partial charge in [-0.25, -0.2) is 4.68 Å². The van der Waals surface area contributed by atoms with Crippen molar-refractivity contribution in [2.75, 3.05) is 26.2 Å². The summed E-state index contributed by atoms with van der Waals surface area (Å²) in [5, 5.41) is 11.1. The number of rotatable bonds is 7. The van der Waals surface area contributed by atoms with E-state index in [1.54, 1.807) is 11.3 Å². The zero-order valence-corrected chi connectivity index (χ0v) is 20.0. The molecule has 1 aliphatic heterocycles. The number of aryl methyl sites for hydroxylation is 1. The molecule has 5 rings (SSSR count). The highest BCUT2D eigenvalue weighted by molar-refractivity contribution is 7.13. The van der Waals surface area contributed by atoms with E-state index in [0.29, 0.717) is 12.2 Å². The Morgan fingerprint density at radius 2 is 1.85 bits per heavy atom. The number of carbonyl (C=O) groups is 1. The van der Waals surface area contributed by atoms with Gasteiger partial charge in [0, 0.05) is 19.0 Å². The number of nitrogens with zero attached hydrogens (tertiary/aromatic N) is 4. The second-order valence-corrected chi connectivity index (χ2v) is 9.71. The van der Waals surface area contributed by atoms with Crippen LogP contribution in [0.2, 0.25) is 0 Å². The maximum atomic E-state index is 13.1. The van der Waals surface area contributed by atoms with Gasteiger partial charge in [-0.05, 0) is 68.5 Å². The number of para-hydroxylation sites is 1. The van der Waals surface area contributed by atoms with Gasteiger partial charge in [0.15, 0.2) is 0 Å². The first kappa shape index (κ1) is 21.9. The average Bonchev–Trinajstić information content (AvgIpc) is 3.51. The summed E-state index contributed by atoms with van der Waals surface area (Å²) in [6.45, 7) is 4.14. The Labute approximate surface area is 198 Å². The van der Waals surface area contributed by atoms with Gasteiger partial charge < -0.3 is 14.8 Å². The van der Waals surface area contributed by atoms with Crippen molar-refractivity contribution >= 4 is 28.3 Å². The Hall–Kier alpha value is -2.90. The number of amides is 1. The molecule has 4 aromatic rings. The van der Waals surface area contributed by atoms with Crippen LogP contribution >= 0.6 is 11.3 Å². The molecule has 0 radical (unpaired) electrons. The average molecular weight is 462 g/mol. The molecule has 0 atom stereocenters. The largest absolute Gasteiger partial charge is 0.351 e. The summed E-state index contributed by atoms with van der Waals surface area (Å²) in [5.41, 5.74) is 3.49. The van der Waals surface area contributed by atoms with Crippen LogP contribution in [0.25, 0.3) is 27.3 Å². The Kier molecular flexibility index (Phi) is 6.60. The zero-order valence-electron chi connectivity index (χ0n) is 19.2. The van der Waals surface area contributed by atoms with Crippen LogP contribution in [-0.2, 0) is 7.05 Å². The van der Waals surface area contributed by atoms with Crippen molar-refractivity contribution in [2.24, 2.45) is 7.05 Å². The van der Waals surface area contributed by atoms with Crippen molar-refractivity contribution in [1.82, 2.24) is 24.6 Å². The number of aromatic nitrogens is 3. The van der Waals surface area contributed by atoms with E-state index in [2.05, 4.69) is 21.7 Å². The molecule has 0 saturated carbocycles. The molecular formula is C26H31N5OS. The number of carbonyl (C=O) groups excluding carboxylic acids is 1. The van der Waals surface area contributed by atoms with E-state index < -0.39 is 0 Å². The van der Waals surface area contributed by atoms with Crippen LogP contribution in [0.4, 0.5) is 0 Å². The molecule has 0 unspecified atom stereocenters. The Morgan fingerprint density at radius 1 is 1.06 bits per heavy atom. The predicted octanol–water partition coefficient (Wildman–Crippen LogP) is 5.09. The molecule has 1 aliphatic rings. The predicted molar refractivity (Wildman–Crippen MR) is 135 cm³/mol. The number of benzene rings is 1. The number of nitrogens with one attached hydrogen (secondary N) is 1. The smallest absolute Gasteiger partial charge is 0.267 e. The van der Waals surface area contributed by atoms with E-state index in [1.807, 2.05) is 58.8 Å². The van der Waals surface area contributed by atoms with Crippen LogP contribution in [0.5, 0.6) is 0 Å². The number of hydrogen-bond acceptors (Lipinski definition) is 4. The van der Waals surface area contributed by atoms with Crippen molar-refractivity contribution in [3.8, 4) is 16.3 Å². The molecule has 172 valence electrons. The third-order valence-corrected chi connectivity index (χ3v) is 7.36. The van der Waals surface area contributed by atoms with Gasteiger partial charge in [0.1, 0.15) is 17.0 Å². The second-order valence-electron chi connectivity index (χ2n) is 8.76. The maximum Gasteiger partial charge on any atom is 0.267 e. The molecule has 1 aromatic carbocycles. The maximum absolute atomic E-state index is 13.1. The van der Waals surface area contributed by atoms with Gasteiger partial charge in [0.25, 0.3) is 5.91 Å². The Bertz CT molecular complexity index is 1200. The minimum absolute atomic E-state index is 0.0266. The molecule has 1 saturated heterocycles. The van der Waals surface area contributed by atoms with Gasteiger partial charge in [0.2, 0.25) is 0 Å². The molecular weight excluding hydrogens is 430 g/mol. The van der Waals surface area contributed by atoms with Gasteiger partial charge in [-0.3, -0.25) is 4.79 Å². The summed E-state index contributed by atoms with van der Waals surface area (Å²) in [4.78, 5) is 16.8. The topological polar surface area (TPSA) is 55.1 Å².